The fraction of sp³-hybridized carbons (Fsp3) is 0.368. The van der Waals surface area contributed by atoms with Gasteiger partial charge in [-0.1, -0.05) is 66.2 Å². The molecule has 2 heteroatoms. The summed E-state index contributed by atoms with van der Waals surface area (Å²) in [5.74, 6) is 0.934. The van der Waals surface area contributed by atoms with E-state index in [1.54, 1.807) is 0 Å². The summed E-state index contributed by atoms with van der Waals surface area (Å²) in [5, 5.41) is 0.955. The highest BCUT2D eigenvalue weighted by Crippen LogP contribution is 2.20. The lowest BCUT2D eigenvalue weighted by molar-refractivity contribution is 0.587. The van der Waals surface area contributed by atoms with E-state index in [9.17, 15) is 4.39 Å². The van der Waals surface area contributed by atoms with Gasteiger partial charge in [-0.15, -0.1) is 0 Å². The van der Waals surface area contributed by atoms with Crippen LogP contribution in [0.3, 0.4) is 0 Å². The van der Waals surface area contributed by atoms with Crippen LogP contribution in [0, 0.1) is 11.7 Å². The quantitative estimate of drug-likeness (QED) is 0.583. The summed E-state index contributed by atoms with van der Waals surface area (Å²) in [6.07, 6.45) is 2.01. The molecule has 21 heavy (non-hydrogen) atoms. The predicted octanol–water partition coefficient (Wildman–Crippen LogP) is 5.75. The maximum absolute atomic E-state index is 12.9. The molecule has 0 fully saturated rings. The number of hydrogen-bond acceptors (Lipinski definition) is 0. The van der Waals surface area contributed by atoms with Gasteiger partial charge in [0.2, 0.25) is 0 Å². The molecule has 0 saturated heterocycles. The summed E-state index contributed by atoms with van der Waals surface area (Å²) in [6, 6.07) is 15.8. The van der Waals surface area contributed by atoms with Crippen LogP contribution < -0.4 is 0 Å². The molecule has 0 heterocycles. The Hall–Kier alpha value is -1.15. The monoisotopic (exact) mass is 348 g/mol. The minimum atomic E-state index is -0.168. The lowest BCUT2D eigenvalue weighted by Crippen LogP contribution is -2.10. The standard InChI is InChI=1S/C19H22BrF/c1-14(2)18-7-3-15(4-8-18)11-17(13-20)12-16-5-9-19(21)10-6-16/h3-10,14,17H,11-13H2,1-2H3. The summed E-state index contributed by atoms with van der Waals surface area (Å²) in [7, 11) is 0. The highest BCUT2D eigenvalue weighted by atomic mass is 79.9. The van der Waals surface area contributed by atoms with E-state index in [1.165, 1.54) is 28.8 Å². The molecule has 0 nitrogen and oxygen atoms in total. The van der Waals surface area contributed by atoms with Gasteiger partial charge in [-0.2, -0.15) is 0 Å². The molecule has 0 aliphatic rings. The molecular formula is C19H22BrF. The van der Waals surface area contributed by atoms with Crippen LogP contribution in [0.4, 0.5) is 4.39 Å². The third-order valence-electron chi connectivity index (χ3n) is 3.83. The van der Waals surface area contributed by atoms with Crippen LogP contribution in [0.5, 0.6) is 0 Å². The summed E-state index contributed by atoms with van der Waals surface area (Å²) < 4.78 is 12.9. The van der Waals surface area contributed by atoms with Gasteiger partial charge < -0.3 is 0 Å². The minimum absolute atomic E-state index is 0.168. The number of alkyl halides is 1. The van der Waals surface area contributed by atoms with Crippen molar-refractivity contribution in [3.8, 4) is 0 Å². The third-order valence-corrected chi connectivity index (χ3v) is 4.74. The maximum atomic E-state index is 12.9. The van der Waals surface area contributed by atoms with E-state index in [-0.39, 0.29) is 5.82 Å². The molecule has 112 valence electrons. The average molecular weight is 349 g/mol. The lowest BCUT2D eigenvalue weighted by Gasteiger charge is -2.15. The number of benzene rings is 2. The Labute approximate surface area is 135 Å². The Balaban J connectivity index is 1.99. The molecule has 1 atom stereocenters. The van der Waals surface area contributed by atoms with E-state index in [0.29, 0.717) is 11.8 Å². The normalized spacial score (nSPS) is 12.6. The zero-order chi connectivity index (χ0) is 15.2. The Morgan fingerprint density at radius 1 is 0.857 bits per heavy atom. The number of halogens is 2. The van der Waals surface area contributed by atoms with Gasteiger partial charge in [0, 0.05) is 5.33 Å². The molecule has 0 saturated carbocycles. The fourth-order valence-corrected chi connectivity index (χ4v) is 2.96. The molecule has 0 radical (unpaired) electrons. The van der Waals surface area contributed by atoms with Crippen molar-refractivity contribution < 1.29 is 4.39 Å². The van der Waals surface area contributed by atoms with E-state index in [0.717, 1.165) is 18.2 Å². The first-order chi connectivity index (χ1) is 10.1. The van der Waals surface area contributed by atoms with Crippen molar-refractivity contribution in [1.82, 2.24) is 0 Å². The van der Waals surface area contributed by atoms with Crippen molar-refractivity contribution in [2.75, 3.05) is 5.33 Å². The second-order valence-corrected chi connectivity index (χ2v) is 6.60. The molecule has 2 rings (SSSR count). The molecule has 0 aliphatic heterocycles. The molecule has 0 N–H and O–H groups in total. The summed E-state index contributed by atoms with van der Waals surface area (Å²) in [6.45, 7) is 4.43. The Bertz CT molecular complexity index is 543. The van der Waals surface area contributed by atoms with Crippen molar-refractivity contribution in [3.63, 3.8) is 0 Å². The summed E-state index contributed by atoms with van der Waals surface area (Å²) in [5.41, 5.74) is 3.94. The van der Waals surface area contributed by atoms with Crippen molar-refractivity contribution in [2.24, 2.45) is 5.92 Å². The van der Waals surface area contributed by atoms with Gasteiger partial charge in [0.15, 0.2) is 0 Å². The van der Waals surface area contributed by atoms with Crippen LogP contribution in [0.1, 0.15) is 36.5 Å². The molecule has 1 unspecified atom stereocenters. The molecule has 0 bridgehead atoms. The van der Waals surface area contributed by atoms with E-state index in [1.807, 2.05) is 12.1 Å². The second-order valence-electron chi connectivity index (χ2n) is 5.95. The van der Waals surface area contributed by atoms with E-state index in [4.69, 9.17) is 0 Å². The third kappa shape index (κ3) is 4.96. The maximum Gasteiger partial charge on any atom is 0.123 e. The molecule has 2 aromatic carbocycles. The van der Waals surface area contributed by atoms with Crippen LogP contribution in [0.2, 0.25) is 0 Å². The first kappa shape index (κ1) is 16.2. The van der Waals surface area contributed by atoms with Crippen LogP contribution in [-0.2, 0) is 12.8 Å². The molecule has 0 aliphatic carbocycles. The van der Waals surface area contributed by atoms with Crippen molar-refractivity contribution in [2.45, 2.75) is 32.6 Å². The van der Waals surface area contributed by atoms with Gasteiger partial charge in [-0.25, -0.2) is 4.39 Å². The molecule has 0 aromatic heterocycles. The van der Waals surface area contributed by atoms with Crippen molar-refractivity contribution in [3.05, 3.63) is 71.0 Å². The first-order valence-corrected chi connectivity index (χ1v) is 8.60. The first-order valence-electron chi connectivity index (χ1n) is 7.47. The van der Waals surface area contributed by atoms with Crippen molar-refractivity contribution >= 4 is 15.9 Å². The van der Waals surface area contributed by atoms with Crippen LogP contribution in [-0.4, -0.2) is 5.33 Å². The van der Waals surface area contributed by atoms with E-state index >= 15 is 0 Å². The van der Waals surface area contributed by atoms with Crippen LogP contribution in [0.15, 0.2) is 48.5 Å². The SMILES string of the molecule is CC(C)c1ccc(CC(CBr)Cc2ccc(F)cc2)cc1. The number of hydrogen-bond donors (Lipinski definition) is 0. The molecule has 0 spiro atoms. The van der Waals surface area contributed by atoms with Gasteiger partial charge in [-0.05, 0) is 53.5 Å². The average Bonchev–Trinajstić information content (AvgIpc) is 2.49. The zero-order valence-corrected chi connectivity index (χ0v) is 14.2. The largest absolute Gasteiger partial charge is 0.207 e. The highest BCUT2D eigenvalue weighted by Gasteiger charge is 2.10. The van der Waals surface area contributed by atoms with E-state index < -0.39 is 0 Å². The highest BCUT2D eigenvalue weighted by molar-refractivity contribution is 9.09. The van der Waals surface area contributed by atoms with Crippen LogP contribution in [0.25, 0.3) is 0 Å². The predicted molar refractivity (Wildman–Crippen MR) is 91.6 cm³/mol. The molecule has 0 amide bonds. The Morgan fingerprint density at radius 2 is 1.33 bits per heavy atom. The molecular weight excluding hydrogens is 327 g/mol. The summed E-state index contributed by atoms with van der Waals surface area (Å²) >= 11 is 3.61. The minimum Gasteiger partial charge on any atom is -0.207 e. The van der Waals surface area contributed by atoms with Crippen LogP contribution >= 0.6 is 15.9 Å². The van der Waals surface area contributed by atoms with Gasteiger partial charge >= 0.3 is 0 Å². The van der Waals surface area contributed by atoms with Gasteiger partial charge in [0.1, 0.15) is 5.82 Å². The molecule has 2 aromatic rings. The smallest absolute Gasteiger partial charge is 0.123 e. The topological polar surface area (TPSA) is 0 Å². The zero-order valence-electron chi connectivity index (χ0n) is 12.7. The summed E-state index contributed by atoms with van der Waals surface area (Å²) in [4.78, 5) is 0. The van der Waals surface area contributed by atoms with Crippen molar-refractivity contribution in [1.29, 1.82) is 0 Å². The Kier molecular flexibility index (Phi) is 5.98. The fourth-order valence-electron chi connectivity index (χ4n) is 2.51. The lowest BCUT2D eigenvalue weighted by atomic mass is 9.93. The number of rotatable bonds is 6. The van der Waals surface area contributed by atoms with E-state index in [2.05, 4.69) is 54.0 Å². The Morgan fingerprint density at radius 3 is 1.76 bits per heavy atom. The van der Waals surface area contributed by atoms with Gasteiger partial charge in [0.25, 0.3) is 0 Å². The van der Waals surface area contributed by atoms with Gasteiger partial charge in [0.05, 0.1) is 0 Å². The second kappa shape index (κ2) is 7.74. The van der Waals surface area contributed by atoms with Gasteiger partial charge in [-0.3, -0.25) is 0 Å².